The van der Waals surface area contributed by atoms with Crippen LogP contribution < -0.4 is 4.90 Å². The third-order valence-corrected chi connectivity index (χ3v) is 4.42. The van der Waals surface area contributed by atoms with E-state index in [0.29, 0.717) is 39.4 Å². The number of para-hydroxylation sites is 1. The Hall–Kier alpha value is -2.08. The van der Waals surface area contributed by atoms with Gasteiger partial charge in [-0.1, -0.05) is 18.2 Å². The molecule has 0 radical (unpaired) electrons. The maximum Gasteiger partial charge on any atom is 0.232 e. The summed E-state index contributed by atoms with van der Waals surface area (Å²) in [5.41, 5.74) is 1.18. The molecule has 6 heteroatoms. The first-order valence-corrected chi connectivity index (χ1v) is 8.17. The van der Waals surface area contributed by atoms with Crippen molar-refractivity contribution >= 4 is 17.5 Å². The summed E-state index contributed by atoms with van der Waals surface area (Å²) in [6.45, 7) is 5.27. The molecule has 0 saturated carbocycles. The molecule has 2 saturated heterocycles. The number of benzene rings is 1. The summed E-state index contributed by atoms with van der Waals surface area (Å²) in [6, 6.07) is 10.2. The maximum atomic E-state index is 12.3. The monoisotopic (exact) mass is 317 g/mol. The molecule has 2 heterocycles. The van der Waals surface area contributed by atoms with Crippen LogP contribution in [0.2, 0.25) is 0 Å². The van der Waals surface area contributed by atoms with Crippen LogP contribution in [0.4, 0.5) is 5.69 Å². The molecule has 0 N–H and O–H groups in total. The van der Waals surface area contributed by atoms with Gasteiger partial charge in [0.2, 0.25) is 11.8 Å². The molecule has 2 fully saturated rings. The molecule has 124 valence electrons. The van der Waals surface area contributed by atoms with Crippen molar-refractivity contribution in [3.63, 3.8) is 0 Å². The highest BCUT2D eigenvalue weighted by Crippen LogP contribution is 2.16. The highest BCUT2D eigenvalue weighted by atomic mass is 16.5. The van der Waals surface area contributed by atoms with E-state index in [4.69, 9.17) is 4.74 Å². The topological polar surface area (TPSA) is 53.1 Å². The fourth-order valence-electron chi connectivity index (χ4n) is 3.02. The Kier molecular flexibility index (Phi) is 5.12. The molecule has 1 aromatic rings. The van der Waals surface area contributed by atoms with Crippen LogP contribution in [0.15, 0.2) is 30.3 Å². The quantitative estimate of drug-likeness (QED) is 0.766. The molecule has 23 heavy (non-hydrogen) atoms. The molecule has 0 bridgehead atoms. The highest BCUT2D eigenvalue weighted by molar-refractivity contribution is 5.97. The minimum atomic E-state index is -0.0798. The minimum Gasteiger partial charge on any atom is -0.378 e. The van der Waals surface area contributed by atoms with Crippen LogP contribution in [-0.2, 0) is 14.3 Å². The molecule has 0 aromatic heterocycles. The lowest BCUT2D eigenvalue weighted by molar-refractivity contribution is -0.143. The van der Waals surface area contributed by atoms with Crippen LogP contribution in [-0.4, -0.2) is 74.1 Å². The molecule has 3 rings (SSSR count). The molecule has 0 aliphatic carbocycles. The number of rotatable bonds is 3. The van der Waals surface area contributed by atoms with Crippen LogP contribution in [0.5, 0.6) is 0 Å². The van der Waals surface area contributed by atoms with Crippen LogP contribution in [0.1, 0.15) is 6.42 Å². The fraction of sp³-hybridized carbons (Fsp3) is 0.529. The predicted molar refractivity (Wildman–Crippen MR) is 87.3 cm³/mol. The Bertz CT molecular complexity index is 535. The van der Waals surface area contributed by atoms with Gasteiger partial charge in [-0.3, -0.25) is 9.59 Å². The lowest BCUT2D eigenvalue weighted by Gasteiger charge is -2.36. The van der Waals surface area contributed by atoms with E-state index in [1.807, 2.05) is 18.2 Å². The number of carbonyl (C=O) groups excluding carboxylic acids is 2. The van der Waals surface area contributed by atoms with Gasteiger partial charge in [0, 0.05) is 45.0 Å². The molecule has 0 spiro atoms. The Labute approximate surface area is 136 Å². The van der Waals surface area contributed by atoms with E-state index < -0.39 is 0 Å². The Balaban J connectivity index is 1.47. The molecule has 2 aliphatic heterocycles. The summed E-state index contributed by atoms with van der Waals surface area (Å²) in [5, 5.41) is 0. The third kappa shape index (κ3) is 4.01. The number of carbonyl (C=O) groups is 2. The number of nitrogens with zero attached hydrogens (tertiary/aromatic N) is 3. The van der Waals surface area contributed by atoms with Crippen LogP contribution >= 0.6 is 0 Å². The van der Waals surface area contributed by atoms with Crippen molar-refractivity contribution in [1.29, 1.82) is 0 Å². The van der Waals surface area contributed by atoms with Gasteiger partial charge < -0.3 is 19.4 Å². The maximum absolute atomic E-state index is 12.3. The second-order valence-corrected chi connectivity index (χ2v) is 5.87. The summed E-state index contributed by atoms with van der Waals surface area (Å²) in [7, 11) is 0. The van der Waals surface area contributed by atoms with Crippen molar-refractivity contribution < 1.29 is 14.3 Å². The molecule has 0 unspecified atom stereocenters. The van der Waals surface area contributed by atoms with E-state index in [0.717, 1.165) is 13.1 Å². The smallest absolute Gasteiger partial charge is 0.232 e. The van der Waals surface area contributed by atoms with Crippen LogP contribution in [0.3, 0.4) is 0 Å². The second-order valence-electron chi connectivity index (χ2n) is 5.87. The van der Waals surface area contributed by atoms with Crippen molar-refractivity contribution in [3.8, 4) is 0 Å². The molecule has 2 amide bonds. The van der Waals surface area contributed by atoms with Gasteiger partial charge in [0.05, 0.1) is 13.2 Å². The zero-order valence-corrected chi connectivity index (χ0v) is 13.3. The zero-order chi connectivity index (χ0) is 16.1. The van der Waals surface area contributed by atoms with Gasteiger partial charge in [-0.15, -0.1) is 0 Å². The van der Waals surface area contributed by atoms with Crippen molar-refractivity contribution in [2.75, 3.05) is 57.4 Å². The summed E-state index contributed by atoms with van der Waals surface area (Å²) in [6.07, 6.45) is -0.0225. The molecule has 0 atom stereocenters. The SMILES string of the molecule is O=C(CC(=O)N1CCN(c2ccccc2)CC1)N1CCOCC1. The summed E-state index contributed by atoms with van der Waals surface area (Å²) < 4.78 is 5.23. The van der Waals surface area contributed by atoms with Crippen molar-refractivity contribution in [3.05, 3.63) is 30.3 Å². The molecular weight excluding hydrogens is 294 g/mol. The molecule has 2 aliphatic rings. The normalized spacial score (nSPS) is 18.9. The molecule has 6 nitrogen and oxygen atoms in total. The van der Waals surface area contributed by atoms with Gasteiger partial charge in [-0.25, -0.2) is 0 Å². The first-order chi connectivity index (χ1) is 11.2. The second kappa shape index (κ2) is 7.46. The Morgan fingerprint density at radius 1 is 0.826 bits per heavy atom. The van der Waals surface area contributed by atoms with Crippen molar-refractivity contribution in [1.82, 2.24) is 9.80 Å². The van der Waals surface area contributed by atoms with Crippen LogP contribution in [0, 0.1) is 0 Å². The average molecular weight is 317 g/mol. The molecule has 1 aromatic carbocycles. The minimum absolute atomic E-state index is 0.0225. The summed E-state index contributed by atoms with van der Waals surface area (Å²) in [4.78, 5) is 30.3. The van der Waals surface area contributed by atoms with Gasteiger partial charge in [-0.2, -0.15) is 0 Å². The van der Waals surface area contributed by atoms with Crippen molar-refractivity contribution in [2.45, 2.75) is 6.42 Å². The molecular formula is C17H23N3O3. The third-order valence-electron chi connectivity index (χ3n) is 4.42. The number of hydrogen-bond donors (Lipinski definition) is 0. The number of amides is 2. The number of morpholine rings is 1. The number of ether oxygens (including phenoxy) is 1. The van der Waals surface area contributed by atoms with E-state index in [1.165, 1.54) is 5.69 Å². The largest absolute Gasteiger partial charge is 0.378 e. The van der Waals surface area contributed by atoms with Gasteiger partial charge in [-0.05, 0) is 12.1 Å². The lowest BCUT2D eigenvalue weighted by atomic mass is 10.2. The first-order valence-electron chi connectivity index (χ1n) is 8.17. The van der Waals surface area contributed by atoms with E-state index >= 15 is 0 Å². The zero-order valence-electron chi connectivity index (χ0n) is 13.3. The first kappa shape index (κ1) is 15.8. The lowest BCUT2D eigenvalue weighted by Crippen LogP contribution is -2.50. The van der Waals surface area contributed by atoms with Gasteiger partial charge >= 0.3 is 0 Å². The number of piperazine rings is 1. The van der Waals surface area contributed by atoms with Crippen LogP contribution in [0.25, 0.3) is 0 Å². The highest BCUT2D eigenvalue weighted by Gasteiger charge is 2.25. The number of hydrogen-bond acceptors (Lipinski definition) is 4. The van der Waals surface area contributed by atoms with Crippen molar-refractivity contribution in [2.24, 2.45) is 0 Å². The van der Waals surface area contributed by atoms with E-state index in [-0.39, 0.29) is 18.2 Å². The average Bonchev–Trinajstić information content (AvgIpc) is 2.63. The van der Waals surface area contributed by atoms with E-state index in [2.05, 4.69) is 17.0 Å². The summed E-state index contributed by atoms with van der Waals surface area (Å²) in [5.74, 6) is -0.141. The van der Waals surface area contributed by atoms with Gasteiger partial charge in [0.1, 0.15) is 6.42 Å². The van der Waals surface area contributed by atoms with Gasteiger partial charge in [0.25, 0.3) is 0 Å². The fourth-order valence-corrected chi connectivity index (χ4v) is 3.02. The summed E-state index contributed by atoms with van der Waals surface area (Å²) >= 11 is 0. The van der Waals surface area contributed by atoms with E-state index in [1.54, 1.807) is 9.80 Å². The number of anilines is 1. The van der Waals surface area contributed by atoms with E-state index in [9.17, 15) is 9.59 Å². The standard InChI is InChI=1S/C17H23N3O3/c21-16(14-17(22)20-10-12-23-13-11-20)19-8-6-18(7-9-19)15-4-2-1-3-5-15/h1-5H,6-14H2. The Morgan fingerprint density at radius 2 is 1.39 bits per heavy atom. The predicted octanol–water partition coefficient (Wildman–Crippen LogP) is 0.584. The Morgan fingerprint density at radius 3 is 2.00 bits per heavy atom. The van der Waals surface area contributed by atoms with Gasteiger partial charge in [0.15, 0.2) is 0 Å².